The fraction of sp³-hybridized carbons (Fsp3) is 0.636. The molecule has 0 radical (unpaired) electrons. The second-order valence-electron chi connectivity index (χ2n) is 4.38. The number of nitrogens with two attached hydrogens (primary N) is 1. The van der Waals surface area contributed by atoms with Crippen molar-refractivity contribution in [3.05, 3.63) is 17.5 Å². The lowest BCUT2D eigenvalue weighted by molar-refractivity contribution is 0.353. The smallest absolute Gasteiger partial charge is 0.150 e. The van der Waals surface area contributed by atoms with Crippen LogP contribution in [0.1, 0.15) is 19.8 Å². The molecule has 0 aliphatic carbocycles. The Kier molecular flexibility index (Phi) is 3.61. The third-order valence-corrected chi connectivity index (χ3v) is 3.50. The molecule has 1 aliphatic rings. The molecule has 1 aromatic heterocycles. The lowest BCUT2D eigenvalue weighted by Crippen LogP contribution is -2.40. The minimum Gasteiger partial charge on any atom is -0.355 e. The van der Waals surface area contributed by atoms with Gasteiger partial charge < -0.3 is 10.6 Å². The van der Waals surface area contributed by atoms with Crippen LogP contribution in [0.3, 0.4) is 0 Å². The van der Waals surface area contributed by atoms with E-state index in [0.717, 1.165) is 31.7 Å². The Morgan fingerprint density at radius 1 is 1.50 bits per heavy atom. The largest absolute Gasteiger partial charge is 0.355 e. The molecule has 1 atom stereocenters. The van der Waals surface area contributed by atoms with Crippen molar-refractivity contribution in [2.75, 3.05) is 18.0 Å². The van der Waals surface area contributed by atoms with Crippen LogP contribution in [0.4, 0.5) is 5.82 Å². The summed E-state index contributed by atoms with van der Waals surface area (Å²) in [6.07, 6.45) is 5.40. The van der Waals surface area contributed by atoms with Crippen molar-refractivity contribution in [2.45, 2.75) is 25.8 Å². The second-order valence-corrected chi connectivity index (χ2v) is 4.79. The third-order valence-electron chi connectivity index (χ3n) is 3.23. The quantitative estimate of drug-likeness (QED) is 0.855. The first-order valence-electron chi connectivity index (χ1n) is 5.64. The molecule has 16 heavy (non-hydrogen) atoms. The summed E-state index contributed by atoms with van der Waals surface area (Å²) in [5, 5.41) is 0.627. The van der Waals surface area contributed by atoms with Gasteiger partial charge in [0.2, 0.25) is 0 Å². The Balaban J connectivity index is 2.02. The van der Waals surface area contributed by atoms with Crippen molar-refractivity contribution in [3.8, 4) is 0 Å². The van der Waals surface area contributed by atoms with Gasteiger partial charge in [0, 0.05) is 19.1 Å². The molecule has 1 unspecified atom stereocenters. The number of halogens is 1. The normalized spacial score (nSPS) is 19.8. The van der Waals surface area contributed by atoms with E-state index in [9.17, 15) is 0 Å². The average Bonchev–Trinajstić information content (AvgIpc) is 2.30. The van der Waals surface area contributed by atoms with Gasteiger partial charge in [-0.05, 0) is 25.7 Å². The summed E-state index contributed by atoms with van der Waals surface area (Å²) in [6, 6.07) is 0.281. The molecule has 88 valence electrons. The maximum atomic E-state index is 6.07. The summed E-state index contributed by atoms with van der Waals surface area (Å²) in [5.41, 5.74) is 5.91. The number of anilines is 1. The van der Waals surface area contributed by atoms with Crippen LogP contribution < -0.4 is 10.6 Å². The molecule has 0 bridgehead atoms. The van der Waals surface area contributed by atoms with Crippen molar-refractivity contribution in [1.29, 1.82) is 0 Å². The molecule has 1 saturated heterocycles. The molecule has 5 heteroatoms. The molecular weight excluding hydrogens is 224 g/mol. The molecule has 1 aromatic rings. The molecule has 4 nitrogen and oxygen atoms in total. The van der Waals surface area contributed by atoms with Gasteiger partial charge in [0.1, 0.15) is 11.3 Å². The predicted octanol–water partition coefficient (Wildman–Crippen LogP) is 1.69. The molecule has 1 fully saturated rings. The van der Waals surface area contributed by atoms with Crippen molar-refractivity contribution in [3.63, 3.8) is 0 Å². The van der Waals surface area contributed by atoms with Crippen LogP contribution in [0, 0.1) is 5.92 Å². The third kappa shape index (κ3) is 2.44. The topological polar surface area (TPSA) is 55.0 Å². The van der Waals surface area contributed by atoms with E-state index in [2.05, 4.69) is 21.8 Å². The van der Waals surface area contributed by atoms with Gasteiger partial charge >= 0.3 is 0 Å². The highest BCUT2D eigenvalue weighted by atomic mass is 35.5. The van der Waals surface area contributed by atoms with Crippen LogP contribution in [-0.4, -0.2) is 29.1 Å². The molecule has 0 spiro atoms. The van der Waals surface area contributed by atoms with Gasteiger partial charge in [-0.2, -0.15) is 0 Å². The Morgan fingerprint density at radius 3 is 2.75 bits per heavy atom. The van der Waals surface area contributed by atoms with E-state index >= 15 is 0 Å². The van der Waals surface area contributed by atoms with Gasteiger partial charge in [0.15, 0.2) is 5.82 Å². The molecule has 2 N–H and O–H groups in total. The number of rotatable bonds is 2. The molecule has 1 aliphatic heterocycles. The van der Waals surface area contributed by atoms with Crippen LogP contribution in [0.15, 0.2) is 12.5 Å². The highest BCUT2D eigenvalue weighted by Crippen LogP contribution is 2.27. The standard InChI is InChI=1S/C11H17ClN4/c1-8(13)9-2-4-16(5-3-9)11-10(12)6-14-7-15-11/h6-9H,2-5,13H2,1H3. The molecule has 0 amide bonds. The summed E-state index contributed by atoms with van der Waals surface area (Å²) in [6.45, 7) is 4.03. The molecule has 2 rings (SSSR count). The van der Waals surface area contributed by atoms with E-state index in [1.165, 1.54) is 0 Å². The zero-order chi connectivity index (χ0) is 11.5. The Morgan fingerprint density at radius 2 is 2.19 bits per heavy atom. The van der Waals surface area contributed by atoms with Crippen molar-refractivity contribution < 1.29 is 0 Å². The molecule has 0 aromatic carbocycles. The highest BCUT2D eigenvalue weighted by Gasteiger charge is 2.23. The summed E-state index contributed by atoms with van der Waals surface area (Å²) >= 11 is 6.07. The Hall–Kier alpha value is -0.870. The first-order chi connectivity index (χ1) is 7.68. The van der Waals surface area contributed by atoms with E-state index < -0.39 is 0 Å². The van der Waals surface area contributed by atoms with Crippen LogP contribution in [-0.2, 0) is 0 Å². The molecule has 0 saturated carbocycles. The number of piperidine rings is 1. The van der Waals surface area contributed by atoms with Gasteiger partial charge in [-0.3, -0.25) is 0 Å². The van der Waals surface area contributed by atoms with Gasteiger partial charge in [-0.15, -0.1) is 0 Å². The van der Waals surface area contributed by atoms with Crippen LogP contribution in [0.25, 0.3) is 0 Å². The average molecular weight is 241 g/mol. The first kappa shape index (κ1) is 11.6. The maximum absolute atomic E-state index is 6.07. The van der Waals surface area contributed by atoms with Gasteiger partial charge in [0.25, 0.3) is 0 Å². The fourth-order valence-corrected chi connectivity index (χ4v) is 2.40. The van der Waals surface area contributed by atoms with Gasteiger partial charge in [-0.25, -0.2) is 9.97 Å². The zero-order valence-corrected chi connectivity index (χ0v) is 10.2. The minimum absolute atomic E-state index is 0.281. The van der Waals surface area contributed by atoms with Crippen LogP contribution >= 0.6 is 11.6 Å². The number of nitrogens with zero attached hydrogens (tertiary/aromatic N) is 3. The van der Waals surface area contributed by atoms with E-state index in [1.807, 2.05) is 0 Å². The zero-order valence-electron chi connectivity index (χ0n) is 9.43. The van der Waals surface area contributed by atoms with Crippen molar-refractivity contribution in [2.24, 2.45) is 11.7 Å². The van der Waals surface area contributed by atoms with E-state index in [1.54, 1.807) is 12.5 Å². The Labute approximate surface area is 101 Å². The first-order valence-corrected chi connectivity index (χ1v) is 6.02. The highest BCUT2D eigenvalue weighted by molar-refractivity contribution is 6.32. The van der Waals surface area contributed by atoms with Gasteiger partial charge in [-0.1, -0.05) is 11.6 Å². The summed E-state index contributed by atoms with van der Waals surface area (Å²) < 4.78 is 0. The second kappa shape index (κ2) is 4.97. The number of aromatic nitrogens is 2. The predicted molar refractivity (Wildman–Crippen MR) is 65.6 cm³/mol. The molecule has 2 heterocycles. The van der Waals surface area contributed by atoms with E-state index in [-0.39, 0.29) is 6.04 Å². The SMILES string of the molecule is CC(N)C1CCN(c2ncncc2Cl)CC1. The lowest BCUT2D eigenvalue weighted by Gasteiger charge is -2.34. The summed E-state index contributed by atoms with van der Waals surface area (Å²) in [4.78, 5) is 10.3. The van der Waals surface area contributed by atoms with E-state index in [0.29, 0.717) is 10.9 Å². The fourth-order valence-electron chi connectivity index (χ4n) is 2.18. The summed E-state index contributed by atoms with van der Waals surface area (Å²) in [7, 11) is 0. The van der Waals surface area contributed by atoms with E-state index in [4.69, 9.17) is 17.3 Å². The maximum Gasteiger partial charge on any atom is 0.150 e. The van der Waals surface area contributed by atoms with Crippen LogP contribution in [0.5, 0.6) is 0 Å². The monoisotopic (exact) mass is 240 g/mol. The number of hydrogen-bond acceptors (Lipinski definition) is 4. The Bertz CT molecular complexity index is 348. The van der Waals surface area contributed by atoms with Gasteiger partial charge in [0.05, 0.1) is 6.20 Å². The molecular formula is C11H17ClN4. The number of hydrogen-bond donors (Lipinski definition) is 1. The van der Waals surface area contributed by atoms with Crippen molar-refractivity contribution in [1.82, 2.24) is 9.97 Å². The van der Waals surface area contributed by atoms with Crippen LogP contribution in [0.2, 0.25) is 5.02 Å². The van der Waals surface area contributed by atoms with Crippen molar-refractivity contribution >= 4 is 17.4 Å². The lowest BCUT2D eigenvalue weighted by atomic mass is 9.91. The minimum atomic E-state index is 0.281. The summed E-state index contributed by atoms with van der Waals surface area (Å²) in [5.74, 6) is 1.47.